The molecule has 0 aliphatic carbocycles. The van der Waals surface area contributed by atoms with Crippen molar-refractivity contribution in [2.45, 2.75) is 31.6 Å². The van der Waals surface area contributed by atoms with Gasteiger partial charge in [-0.15, -0.1) is 0 Å². The fourth-order valence-electron chi connectivity index (χ4n) is 2.46. The molecule has 1 saturated heterocycles. The smallest absolute Gasteiger partial charge is 0.243 e. The molecule has 0 saturated carbocycles. The second kappa shape index (κ2) is 5.61. The quantitative estimate of drug-likeness (QED) is 0.915. The third-order valence-electron chi connectivity index (χ3n) is 3.90. The molecule has 1 aromatic rings. The predicted molar refractivity (Wildman–Crippen MR) is 74.5 cm³/mol. The second-order valence-corrected chi connectivity index (χ2v) is 7.21. The van der Waals surface area contributed by atoms with Gasteiger partial charge in [0.1, 0.15) is 0 Å². The molecule has 1 aliphatic rings. The molecule has 2 rings (SSSR count). The summed E-state index contributed by atoms with van der Waals surface area (Å²) < 4.78 is 26.6. The molecule has 5 heteroatoms. The van der Waals surface area contributed by atoms with Crippen molar-refractivity contribution in [1.82, 2.24) is 4.31 Å². The number of aryl methyl sites for hydroxylation is 2. The Morgan fingerprint density at radius 2 is 2.05 bits per heavy atom. The van der Waals surface area contributed by atoms with E-state index in [2.05, 4.69) is 0 Å². The van der Waals surface area contributed by atoms with Gasteiger partial charge in [0.05, 0.1) is 4.90 Å². The normalized spacial score (nSPS) is 20.9. The first-order valence-corrected chi connectivity index (χ1v) is 8.07. The monoisotopic (exact) mass is 283 g/mol. The van der Waals surface area contributed by atoms with Crippen LogP contribution < -0.4 is 0 Å². The molecule has 1 aromatic carbocycles. The summed E-state index contributed by atoms with van der Waals surface area (Å²) in [7, 11) is -3.38. The van der Waals surface area contributed by atoms with E-state index in [1.54, 1.807) is 12.1 Å². The van der Waals surface area contributed by atoms with Crippen molar-refractivity contribution in [2.24, 2.45) is 5.92 Å². The number of aliphatic hydroxyl groups excluding tert-OH is 1. The molecule has 0 aromatic heterocycles. The molecule has 1 aliphatic heterocycles. The van der Waals surface area contributed by atoms with Crippen molar-refractivity contribution in [2.75, 3.05) is 19.7 Å². The minimum atomic E-state index is -3.38. The van der Waals surface area contributed by atoms with Gasteiger partial charge in [-0.3, -0.25) is 0 Å². The highest BCUT2D eigenvalue weighted by Crippen LogP contribution is 2.26. The Hall–Kier alpha value is -0.910. The zero-order valence-corrected chi connectivity index (χ0v) is 12.3. The maximum atomic E-state index is 12.5. The van der Waals surface area contributed by atoms with Gasteiger partial charge in [-0.25, -0.2) is 8.42 Å². The first-order valence-electron chi connectivity index (χ1n) is 6.63. The van der Waals surface area contributed by atoms with Crippen LogP contribution in [0.15, 0.2) is 23.1 Å². The minimum absolute atomic E-state index is 0.127. The Bertz CT molecular complexity index is 554. The van der Waals surface area contributed by atoms with E-state index in [0.717, 1.165) is 17.5 Å². The van der Waals surface area contributed by atoms with Gasteiger partial charge < -0.3 is 5.11 Å². The number of sulfonamides is 1. The van der Waals surface area contributed by atoms with E-state index in [0.29, 0.717) is 24.4 Å². The lowest BCUT2D eigenvalue weighted by Crippen LogP contribution is -2.29. The first kappa shape index (κ1) is 14.5. The zero-order chi connectivity index (χ0) is 14.0. The van der Waals surface area contributed by atoms with Crippen LogP contribution in [0.25, 0.3) is 0 Å². The van der Waals surface area contributed by atoms with E-state index >= 15 is 0 Å². The van der Waals surface area contributed by atoms with Gasteiger partial charge in [0.15, 0.2) is 0 Å². The fourth-order valence-corrected chi connectivity index (χ4v) is 4.07. The SMILES string of the molecule is Cc1ccc(S(=O)(=O)N2CCC(CCO)C2)cc1C. The summed E-state index contributed by atoms with van der Waals surface area (Å²) in [5.74, 6) is 0.284. The van der Waals surface area contributed by atoms with Crippen LogP contribution in [0.1, 0.15) is 24.0 Å². The standard InChI is InChI=1S/C14H21NO3S/c1-11-3-4-14(9-12(11)2)19(17,18)15-7-5-13(10-15)6-8-16/h3-4,9,13,16H,5-8,10H2,1-2H3. The van der Waals surface area contributed by atoms with Gasteiger partial charge in [0.2, 0.25) is 10.0 Å². The number of hydrogen-bond donors (Lipinski definition) is 1. The lowest BCUT2D eigenvalue weighted by Gasteiger charge is -2.17. The zero-order valence-electron chi connectivity index (χ0n) is 11.5. The Labute approximate surface area is 115 Å². The number of hydrogen-bond acceptors (Lipinski definition) is 3. The van der Waals surface area contributed by atoms with E-state index in [1.807, 2.05) is 19.9 Å². The molecule has 0 amide bonds. The molecule has 106 valence electrons. The van der Waals surface area contributed by atoms with Gasteiger partial charge in [-0.2, -0.15) is 4.31 Å². The molecule has 1 N–H and O–H groups in total. The summed E-state index contributed by atoms with van der Waals surface area (Å²) >= 11 is 0. The molecular formula is C14H21NO3S. The molecular weight excluding hydrogens is 262 g/mol. The topological polar surface area (TPSA) is 57.6 Å². The summed E-state index contributed by atoms with van der Waals surface area (Å²) in [6.07, 6.45) is 1.52. The largest absolute Gasteiger partial charge is 0.396 e. The first-order chi connectivity index (χ1) is 8.95. The van der Waals surface area contributed by atoms with Crippen LogP contribution >= 0.6 is 0 Å². The van der Waals surface area contributed by atoms with Crippen molar-refractivity contribution in [3.05, 3.63) is 29.3 Å². The van der Waals surface area contributed by atoms with Crippen molar-refractivity contribution in [3.8, 4) is 0 Å². The van der Waals surface area contributed by atoms with Gasteiger partial charge in [-0.1, -0.05) is 6.07 Å². The van der Waals surface area contributed by atoms with Crippen LogP contribution in [-0.4, -0.2) is 37.5 Å². The van der Waals surface area contributed by atoms with E-state index in [9.17, 15) is 8.42 Å². The second-order valence-electron chi connectivity index (χ2n) is 5.28. The van der Waals surface area contributed by atoms with Crippen LogP contribution in [-0.2, 0) is 10.0 Å². The number of rotatable bonds is 4. The average molecular weight is 283 g/mol. The highest BCUT2D eigenvalue weighted by atomic mass is 32.2. The molecule has 0 spiro atoms. The molecule has 4 nitrogen and oxygen atoms in total. The summed E-state index contributed by atoms with van der Waals surface area (Å²) in [5.41, 5.74) is 2.09. The number of benzene rings is 1. The molecule has 1 atom stereocenters. The molecule has 1 heterocycles. The van der Waals surface area contributed by atoms with Crippen molar-refractivity contribution >= 4 is 10.0 Å². The maximum absolute atomic E-state index is 12.5. The maximum Gasteiger partial charge on any atom is 0.243 e. The summed E-state index contributed by atoms with van der Waals surface area (Å²) in [4.78, 5) is 0.375. The van der Waals surface area contributed by atoms with Crippen LogP contribution in [0.3, 0.4) is 0 Å². The van der Waals surface area contributed by atoms with Crippen LogP contribution in [0, 0.1) is 19.8 Å². The Kier molecular flexibility index (Phi) is 4.28. The fraction of sp³-hybridized carbons (Fsp3) is 0.571. The van der Waals surface area contributed by atoms with Gasteiger partial charge in [0.25, 0.3) is 0 Å². The Balaban J connectivity index is 2.21. The van der Waals surface area contributed by atoms with Crippen LogP contribution in [0.5, 0.6) is 0 Å². The third-order valence-corrected chi connectivity index (χ3v) is 5.76. The molecule has 19 heavy (non-hydrogen) atoms. The van der Waals surface area contributed by atoms with E-state index < -0.39 is 10.0 Å². The van der Waals surface area contributed by atoms with Crippen molar-refractivity contribution in [1.29, 1.82) is 0 Å². The Morgan fingerprint density at radius 3 is 2.68 bits per heavy atom. The molecule has 0 radical (unpaired) electrons. The van der Waals surface area contributed by atoms with Crippen LogP contribution in [0.2, 0.25) is 0 Å². The summed E-state index contributed by atoms with van der Waals surface area (Å²) in [5, 5.41) is 8.93. The number of nitrogens with zero attached hydrogens (tertiary/aromatic N) is 1. The average Bonchev–Trinajstić information content (AvgIpc) is 2.82. The van der Waals surface area contributed by atoms with Crippen LogP contribution in [0.4, 0.5) is 0 Å². The number of aliphatic hydroxyl groups is 1. The highest BCUT2D eigenvalue weighted by molar-refractivity contribution is 7.89. The van der Waals surface area contributed by atoms with Crippen molar-refractivity contribution in [3.63, 3.8) is 0 Å². The summed E-state index contributed by atoms with van der Waals surface area (Å²) in [6, 6.07) is 5.27. The molecule has 1 unspecified atom stereocenters. The van der Waals surface area contributed by atoms with E-state index in [1.165, 1.54) is 4.31 Å². The Morgan fingerprint density at radius 1 is 1.32 bits per heavy atom. The van der Waals surface area contributed by atoms with Gasteiger partial charge in [0, 0.05) is 19.7 Å². The van der Waals surface area contributed by atoms with Gasteiger partial charge in [-0.05, 0) is 55.9 Å². The molecule has 1 fully saturated rings. The highest BCUT2D eigenvalue weighted by Gasteiger charge is 2.32. The van der Waals surface area contributed by atoms with Crippen molar-refractivity contribution < 1.29 is 13.5 Å². The third kappa shape index (κ3) is 2.99. The lowest BCUT2D eigenvalue weighted by atomic mass is 10.1. The lowest BCUT2D eigenvalue weighted by molar-refractivity contribution is 0.259. The van der Waals surface area contributed by atoms with E-state index in [-0.39, 0.29) is 12.5 Å². The van der Waals surface area contributed by atoms with Gasteiger partial charge >= 0.3 is 0 Å². The predicted octanol–water partition coefficient (Wildman–Crippen LogP) is 1.70. The summed E-state index contributed by atoms with van der Waals surface area (Å²) in [6.45, 7) is 5.10. The van der Waals surface area contributed by atoms with E-state index in [4.69, 9.17) is 5.11 Å². The minimum Gasteiger partial charge on any atom is -0.396 e. The molecule has 0 bridgehead atoms.